The smallest absolute Gasteiger partial charge is 0.339 e. The molecule has 0 radical (unpaired) electrons. The average molecular weight is 615 g/mol. The van der Waals surface area contributed by atoms with E-state index in [1.807, 2.05) is 0 Å². The number of carbonyl (C=O) groups excluding carboxylic acids is 4. The van der Waals surface area contributed by atoms with E-state index in [0.717, 1.165) is 21.9 Å². The zero-order chi connectivity index (χ0) is 30.5. The fraction of sp³-hybridized carbons (Fsp3) is 0.345. The number of hydrogen-bond donors (Lipinski definition) is 3. The number of ether oxygens (including phenoxy) is 1. The van der Waals surface area contributed by atoms with Crippen LogP contribution in [0.15, 0.2) is 48.0 Å². The molecule has 2 aromatic carbocycles. The van der Waals surface area contributed by atoms with Crippen molar-refractivity contribution in [2.75, 3.05) is 19.1 Å². The molecule has 2 aliphatic heterocycles. The summed E-state index contributed by atoms with van der Waals surface area (Å²) in [6, 6.07) is 7.64. The van der Waals surface area contributed by atoms with Crippen LogP contribution in [0.3, 0.4) is 0 Å². The average Bonchev–Trinajstić information content (AvgIpc) is 3.28. The van der Waals surface area contributed by atoms with E-state index in [9.17, 15) is 39.3 Å². The molecule has 3 fully saturated rings. The predicted octanol–water partition coefficient (Wildman–Crippen LogP) is 3.00. The number of halogens is 2. The number of benzene rings is 2. The fourth-order valence-electron chi connectivity index (χ4n) is 7.12. The van der Waals surface area contributed by atoms with Gasteiger partial charge >= 0.3 is 5.97 Å². The predicted molar refractivity (Wildman–Crippen MR) is 148 cm³/mol. The maximum atomic E-state index is 14.0. The Balaban J connectivity index is 1.50. The number of carboxylic acid groups (broad SMARTS) is 1. The number of carbonyl (C=O) groups is 5. The van der Waals surface area contributed by atoms with E-state index < -0.39 is 74.3 Å². The van der Waals surface area contributed by atoms with E-state index >= 15 is 0 Å². The number of aromatic carboxylic acids is 1. The van der Waals surface area contributed by atoms with Crippen LogP contribution in [0.25, 0.3) is 0 Å². The first-order chi connectivity index (χ1) is 19.8. The molecule has 11 nitrogen and oxygen atoms in total. The molecule has 218 valence electrons. The molecule has 1 saturated carbocycles. The van der Waals surface area contributed by atoms with Gasteiger partial charge in [-0.25, -0.2) is 9.69 Å². The highest BCUT2D eigenvalue weighted by Crippen LogP contribution is 2.66. The lowest BCUT2D eigenvalue weighted by Gasteiger charge is -2.51. The number of aromatic hydroxyl groups is 2. The van der Waals surface area contributed by atoms with Gasteiger partial charge in [0.05, 0.1) is 24.6 Å². The minimum absolute atomic E-state index is 0.00450. The van der Waals surface area contributed by atoms with Crippen molar-refractivity contribution in [3.05, 3.63) is 59.2 Å². The molecule has 2 aliphatic carbocycles. The molecule has 13 heteroatoms. The number of fused-ring (bicyclic) bond motifs is 4. The number of imide groups is 2. The van der Waals surface area contributed by atoms with E-state index in [1.165, 1.54) is 38.4 Å². The van der Waals surface area contributed by atoms with E-state index in [0.29, 0.717) is 11.1 Å². The summed E-state index contributed by atoms with van der Waals surface area (Å²) in [6.45, 7) is 0. The lowest BCUT2D eigenvalue weighted by Crippen LogP contribution is -2.60. The van der Waals surface area contributed by atoms with Gasteiger partial charge in [0.1, 0.15) is 22.8 Å². The zero-order valence-corrected chi connectivity index (χ0v) is 23.7. The molecule has 6 rings (SSSR count). The van der Waals surface area contributed by atoms with Crippen molar-refractivity contribution in [1.29, 1.82) is 0 Å². The monoisotopic (exact) mass is 614 g/mol. The lowest BCUT2D eigenvalue weighted by atomic mass is 9.56. The number of nitrogens with zero attached hydrogens (tertiary/aromatic N) is 2. The van der Waals surface area contributed by atoms with Gasteiger partial charge < -0.3 is 20.1 Å². The van der Waals surface area contributed by atoms with Crippen LogP contribution in [0, 0.1) is 17.8 Å². The van der Waals surface area contributed by atoms with Gasteiger partial charge in [-0.3, -0.25) is 24.1 Å². The SMILES string of the molecule is COc1cc(O)ccc1C1C2=CCC3C(=O)N(c4ccc(C(=O)O)c(O)c4)C(=O)C3C2CC2(Cl)C(=O)N(C)C(=O)C12Cl. The standard InChI is InChI=1S/C29H24Cl2N2O9/c1-32-26(40)28(30)11-18-14(22(29(28,31)27(32)41)16-6-4-13(34)10-20(16)42-2)7-8-17-21(18)24(37)33(23(17)36)12-3-5-15(25(38)39)19(35)9-12/h3-7,9-10,17-18,21-22,34-35H,8,11H2,1-2H3,(H,38,39). The van der Waals surface area contributed by atoms with Crippen LogP contribution < -0.4 is 9.64 Å². The first kappa shape index (κ1) is 28.0. The number of amides is 4. The summed E-state index contributed by atoms with van der Waals surface area (Å²) in [7, 11) is 2.65. The van der Waals surface area contributed by atoms with Crippen LogP contribution in [0.5, 0.6) is 17.2 Å². The number of anilines is 1. The number of methoxy groups -OCH3 is 1. The van der Waals surface area contributed by atoms with Crippen molar-refractivity contribution in [1.82, 2.24) is 4.90 Å². The van der Waals surface area contributed by atoms with Crippen molar-refractivity contribution < 1.29 is 44.0 Å². The summed E-state index contributed by atoms with van der Waals surface area (Å²) < 4.78 is 5.52. The third-order valence-corrected chi connectivity index (χ3v) is 10.4. The Kier molecular flexibility index (Phi) is 6.15. The van der Waals surface area contributed by atoms with Crippen LogP contribution >= 0.6 is 23.2 Å². The second-order valence-electron chi connectivity index (χ2n) is 10.9. The van der Waals surface area contributed by atoms with E-state index in [4.69, 9.17) is 27.9 Å². The molecular formula is C29H24Cl2N2O9. The van der Waals surface area contributed by atoms with Gasteiger partial charge in [-0.05, 0) is 37.0 Å². The van der Waals surface area contributed by atoms with Crippen molar-refractivity contribution in [2.45, 2.75) is 28.5 Å². The molecule has 2 aromatic rings. The second kappa shape index (κ2) is 9.20. The van der Waals surface area contributed by atoms with E-state index in [-0.39, 0.29) is 30.0 Å². The molecule has 6 unspecified atom stereocenters. The van der Waals surface area contributed by atoms with Crippen molar-refractivity contribution in [2.24, 2.45) is 17.8 Å². The molecule has 42 heavy (non-hydrogen) atoms. The number of alkyl halides is 2. The fourth-order valence-corrected chi connectivity index (χ4v) is 8.13. The maximum absolute atomic E-state index is 14.0. The summed E-state index contributed by atoms with van der Waals surface area (Å²) in [6.07, 6.45) is 1.64. The maximum Gasteiger partial charge on any atom is 0.339 e. The van der Waals surface area contributed by atoms with Gasteiger partial charge in [0.15, 0.2) is 9.75 Å². The summed E-state index contributed by atoms with van der Waals surface area (Å²) in [5.74, 6) is -8.27. The molecule has 2 heterocycles. The van der Waals surface area contributed by atoms with Crippen molar-refractivity contribution in [3.8, 4) is 17.2 Å². The highest BCUT2D eigenvalue weighted by atomic mass is 35.5. The Hall–Kier alpha value is -4.09. The Morgan fingerprint density at radius 3 is 2.36 bits per heavy atom. The Bertz CT molecular complexity index is 1660. The summed E-state index contributed by atoms with van der Waals surface area (Å²) >= 11 is 14.3. The molecule has 4 amide bonds. The molecule has 0 bridgehead atoms. The third kappa shape index (κ3) is 3.43. The molecular weight excluding hydrogens is 591 g/mol. The number of allylic oxidation sites excluding steroid dienone is 2. The second-order valence-corrected chi connectivity index (χ2v) is 12.2. The van der Waals surface area contributed by atoms with E-state index in [1.54, 1.807) is 6.08 Å². The minimum Gasteiger partial charge on any atom is -0.508 e. The highest BCUT2D eigenvalue weighted by molar-refractivity contribution is 6.53. The number of phenolic OH excluding ortho intramolecular Hbond substituents is 1. The van der Waals surface area contributed by atoms with Crippen LogP contribution in [0.1, 0.15) is 34.7 Å². The largest absolute Gasteiger partial charge is 0.508 e. The number of carboxylic acids is 1. The molecule has 2 saturated heterocycles. The van der Waals surface area contributed by atoms with Crippen molar-refractivity contribution >= 4 is 58.5 Å². The van der Waals surface area contributed by atoms with Gasteiger partial charge in [-0.15, -0.1) is 23.2 Å². The van der Waals surface area contributed by atoms with Crippen LogP contribution in [-0.4, -0.2) is 73.7 Å². The first-order valence-corrected chi connectivity index (χ1v) is 13.7. The molecule has 6 atom stereocenters. The minimum atomic E-state index is -2.01. The Morgan fingerprint density at radius 1 is 1.00 bits per heavy atom. The summed E-state index contributed by atoms with van der Waals surface area (Å²) in [5.41, 5.74) is 0.502. The molecule has 4 aliphatic rings. The van der Waals surface area contributed by atoms with Gasteiger partial charge in [-0.2, -0.15) is 0 Å². The number of hydrogen-bond acceptors (Lipinski definition) is 8. The van der Waals surface area contributed by atoms with Gasteiger partial charge in [0, 0.05) is 30.7 Å². The molecule has 0 spiro atoms. The van der Waals surface area contributed by atoms with Gasteiger partial charge in [0.2, 0.25) is 11.8 Å². The highest BCUT2D eigenvalue weighted by Gasteiger charge is 2.76. The van der Waals surface area contributed by atoms with Crippen LogP contribution in [-0.2, 0) is 19.2 Å². The quantitative estimate of drug-likeness (QED) is 0.267. The molecule has 0 aromatic heterocycles. The Labute approximate surface area is 248 Å². The van der Waals surface area contributed by atoms with Crippen LogP contribution in [0.4, 0.5) is 5.69 Å². The van der Waals surface area contributed by atoms with Crippen LogP contribution in [0.2, 0.25) is 0 Å². The van der Waals surface area contributed by atoms with Gasteiger partial charge in [-0.1, -0.05) is 17.7 Å². The summed E-state index contributed by atoms with van der Waals surface area (Å²) in [4.78, 5) is 64.0. The number of phenols is 2. The van der Waals surface area contributed by atoms with Gasteiger partial charge in [0.25, 0.3) is 11.8 Å². The Morgan fingerprint density at radius 2 is 1.71 bits per heavy atom. The zero-order valence-electron chi connectivity index (χ0n) is 22.2. The number of rotatable bonds is 4. The summed E-state index contributed by atoms with van der Waals surface area (Å²) in [5, 5.41) is 29.6. The van der Waals surface area contributed by atoms with Crippen molar-refractivity contribution in [3.63, 3.8) is 0 Å². The first-order valence-electron chi connectivity index (χ1n) is 13.0. The number of likely N-dealkylation sites (tertiary alicyclic amines) is 1. The topological polar surface area (TPSA) is 162 Å². The third-order valence-electron chi connectivity index (χ3n) is 9.01. The molecule has 3 N–H and O–H groups in total. The lowest BCUT2D eigenvalue weighted by molar-refractivity contribution is -0.138. The normalized spacial score (nSPS) is 32.0. The van der Waals surface area contributed by atoms with E-state index in [2.05, 4.69) is 0 Å².